The fraction of sp³-hybridized carbons (Fsp3) is 1.00. The van der Waals surface area contributed by atoms with Gasteiger partial charge in [-0.1, -0.05) is 6.42 Å². The molecule has 1 aliphatic heterocycles. The van der Waals surface area contributed by atoms with Crippen LogP contribution in [0.25, 0.3) is 0 Å². The van der Waals surface area contributed by atoms with Gasteiger partial charge in [0.1, 0.15) is 0 Å². The Morgan fingerprint density at radius 2 is 1.94 bits per heavy atom. The molecule has 0 saturated carbocycles. The van der Waals surface area contributed by atoms with Crippen LogP contribution >= 0.6 is 0 Å². The van der Waals surface area contributed by atoms with E-state index in [1.807, 2.05) is 7.05 Å². The van der Waals surface area contributed by atoms with Crippen molar-refractivity contribution in [3.05, 3.63) is 0 Å². The van der Waals surface area contributed by atoms with E-state index in [1.165, 1.54) is 0 Å². The Labute approximate surface area is 112 Å². The second kappa shape index (κ2) is 6.35. The van der Waals surface area contributed by atoms with Crippen molar-refractivity contribution >= 4 is 9.84 Å². The predicted molar refractivity (Wildman–Crippen MR) is 76.7 cm³/mol. The summed E-state index contributed by atoms with van der Waals surface area (Å²) in [5, 5.41) is 3.27. The van der Waals surface area contributed by atoms with Crippen LogP contribution in [-0.4, -0.2) is 56.5 Å². The van der Waals surface area contributed by atoms with E-state index in [1.54, 1.807) is 0 Å². The van der Waals surface area contributed by atoms with Crippen LogP contribution in [0.2, 0.25) is 0 Å². The zero-order valence-corrected chi connectivity index (χ0v) is 13.0. The van der Waals surface area contributed by atoms with E-state index in [0.29, 0.717) is 12.3 Å². The van der Waals surface area contributed by atoms with Gasteiger partial charge in [0, 0.05) is 25.2 Å². The van der Waals surface area contributed by atoms with Gasteiger partial charge >= 0.3 is 0 Å². The minimum absolute atomic E-state index is 0.123. The van der Waals surface area contributed by atoms with Gasteiger partial charge in [0.2, 0.25) is 0 Å². The first-order valence-corrected chi connectivity index (χ1v) is 8.57. The molecule has 1 unspecified atom stereocenters. The zero-order valence-electron chi connectivity index (χ0n) is 12.2. The molecule has 1 aliphatic rings. The Kier molecular flexibility index (Phi) is 5.62. The number of nitrogens with one attached hydrogen (secondary N) is 1. The molecular formula is C13H28N2O2S. The van der Waals surface area contributed by atoms with Gasteiger partial charge in [-0.05, 0) is 40.7 Å². The van der Waals surface area contributed by atoms with Crippen molar-refractivity contribution in [3.8, 4) is 0 Å². The number of sulfone groups is 1. The fourth-order valence-corrected chi connectivity index (χ4v) is 4.23. The van der Waals surface area contributed by atoms with Crippen molar-refractivity contribution in [1.82, 2.24) is 10.2 Å². The average Bonchev–Trinajstić information content (AvgIpc) is 2.19. The third-order valence-electron chi connectivity index (χ3n) is 3.38. The van der Waals surface area contributed by atoms with Crippen molar-refractivity contribution in [2.75, 3.05) is 32.4 Å². The smallest absolute Gasteiger partial charge is 0.154 e. The first kappa shape index (κ1) is 15.9. The first-order chi connectivity index (χ1) is 8.21. The van der Waals surface area contributed by atoms with Crippen molar-refractivity contribution in [2.24, 2.45) is 0 Å². The maximum Gasteiger partial charge on any atom is 0.154 e. The molecule has 108 valence electrons. The monoisotopic (exact) mass is 276 g/mol. The summed E-state index contributed by atoms with van der Waals surface area (Å²) in [5.41, 5.74) is 0.123. The van der Waals surface area contributed by atoms with Crippen molar-refractivity contribution in [3.63, 3.8) is 0 Å². The normalized spacial score (nSPS) is 24.4. The molecule has 18 heavy (non-hydrogen) atoms. The maximum absolute atomic E-state index is 11.9. The molecule has 0 spiro atoms. The van der Waals surface area contributed by atoms with Gasteiger partial charge in [-0.3, -0.25) is 0 Å². The summed E-state index contributed by atoms with van der Waals surface area (Å²) < 4.78 is 23.8. The van der Waals surface area contributed by atoms with Crippen molar-refractivity contribution in [1.29, 1.82) is 0 Å². The van der Waals surface area contributed by atoms with Gasteiger partial charge in [0.05, 0.1) is 11.0 Å². The highest BCUT2D eigenvalue weighted by molar-refractivity contribution is 7.92. The molecular weight excluding hydrogens is 248 g/mol. The predicted octanol–water partition coefficient (Wildman–Crippen LogP) is 1.27. The molecule has 1 fully saturated rings. The molecule has 0 amide bonds. The van der Waals surface area contributed by atoms with Crippen LogP contribution in [0.15, 0.2) is 0 Å². The summed E-state index contributed by atoms with van der Waals surface area (Å²) in [5.74, 6) is 0.381. The number of hydrogen-bond donors (Lipinski definition) is 1. The quantitative estimate of drug-likeness (QED) is 0.822. The largest absolute Gasteiger partial charge is 0.311 e. The fourth-order valence-electron chi connectivity index (χ4n) is 2.29. The highest BCUT2D eigenvalue weighted by Crippen LogP contribution is 2.19. The lowest BCUT2D eigenvalue weighted by molar-refractivity contribution is 0.301. The molecule has 1 saturated heterocycles. The number of nitrogens with zero attached hydrogens (tertiary/aromatic N) is 1. The van der Waals surface area contributed by atoms with Gasteiger partial charge in [0.25, 0.3) is 0 Å². The molecule has 1 rings (SSSR count). The zero-order chi connectivity index (χ0) is 13.8. The molecule has 0 radical (unpaired) electrons. The van der Waals surface area contributed by atoms with Crippen LogP contribution in [0.4, 0.5) is 0 Å². The van der Waals surface area contributed by atoms with Crippen molar-refractivity contribution in [2.45, 2.75) is 50.8 Å². The first-order valence-electron chi connectivity index (χ1n) is 6.86. The molecule has 1 heterocycles. The Morgan fingerprint density at radius 1 is 1.28 bits per heavy atom. The molecule has 0 aromatic rings. The minimum Gasteiger partial charge on any atom is -0.311 e. The van der Waals surface area contributed by atoms with Crippen LogP contribution in [0, 0.1) is 0 Å². The summed E-state index contributed by atoms with van der Waals surface area (Å²) in [6.07, 6.45) is 2.73. The summed E-state index contributed by atoms with van der Waals surface area (Å²) >= 11 is 0. The van der Waals surface area contributed by atoms with Gasteiger partial charge in [-0.2, -0.15) is 0 Å². The lowest BCUT2D eigenvalue weighted by Gasteiger charge is -2.28. The second-order valence-electron chi connectivity index (χ2n) is 6.42. The number of hydrogen-bond acceptors (Lipinski definition) is 4. The van der Waals surface area contributed by atoms with E-state index >= 15 is 0 Å². The van der Waals surface area contributed by atoms with Gasteiger partial charge in [0.15, 0.2) is 9.84 Å². The topological polar surface area (TPSA) is 49.4 Å². The van der Waals surface area contributed by atoms with E-state index in [0.717, 1.165) is 32.4 Å². The Balaban J connectivity index is 2.33. The van der Waals surface area contributed by atoms with Crippen molar-refractivity contribution < 1.29 is 8.42 Å². The van der Waals surface area contributed by atoms with Crippen LogP contribution in [-0.2, 0) is 9.84 Å². The minimum atomic E-state index is -2.83. The molecule has 1 atom stereocenters. The van der Waals surface area contributed by atoms with Crippen LogP contribution < -0.4 is 5.32 Å². The summed E-state index contributed by atoms with van der Waals surface area (Å²) in [6.45, 7) is 8.87. The Morgan fingerprint density at radius 3 is 2.50 bits per heavy atom. The lowest BCUT2D eigenvalue weighted by Crippen LogP contribution is -2.43. The summed E-state index contributed by atoms with van der Waals surface area (Å²) in [4.78, 5) is 2.13. The third kappa shape index (κ3) is 5.67. The standard InChI is InChI=1S/C13H28N2O2S/c1-13(2,3)14-8-9-15(4)11-12-7-5-6-10-18(12,16)17/h12,14H,5-11H2,1-4H3. The van der Waals surface area contributed by atoms with E-state index < -0.39 is 9.84 Å². The lowest BCUT2D eigenvalue weighted by atomic mass is 10.1. The molecule has 0 aromatic carbocycles. The molecule has 5 heteroatoms. The van der Waals surface area contributed by atoms with Gasteiger partial charge in [-0.25, -0.2) is 8.42 Å². The summed E-state index contributed by atoms with van der Waals surface area (Å²) in [7, 11) is -0.826. The van der Waals surface area contributed by atoms with E-state index in [4.69, 9.17) is 0 Å². The molecule has 0 aromatic heterocycles. The molecule has 1 N–H and O–H groups in total. The molecule has 0 aliphatic carbocycles. The van der Waals surface area contributed by atoms with E-state index in [9.17, 15) is 8.42 Å². The van der Waals surface area contributed by atoms with Gasteiger partial charge < -0.3 is 10.2 Å². The maximum atomic E-state index is 11.9. The van der Waals surface area contributed by atoms with Crippen LogP contribution in [0.3, 0.4) is 0 Å². The molecule has 4 nitrogen and oxygen atoms in total. The Hall–Kier alpha value is -0.130. The second-order valence-corrected chi connectivity index (χ2v) is 8.82. The number of rotatable bonds is 5. The highest BCUT2D eigenvalue weighted by atomic mass is 32.2. The van der Waals surface area contributed by atoms with E-state index in [-0.39, 0.29) is 10.8 Å². The average molecular weight is 276 g/mol. The van der Waals surface area contributed by atoms with Crippen LogP contribution in [0.5, 0.6) is 0 Å². The Bertz CT molecular complexity index is 346. The van der Waals surface area contributed by atoms with Gasteiger partial charge in [-0.15, -0.1) is 0 Å². The summed E-state index contributed by atoms with van der Waals surface area (Å²) in [6, 6.07) is 0. The SMILES string of the molecule is CN(CCNC(C)(C)C)CC1CCCCS1(=O)=O. The van der Waals surface area contributed by atoms with Crippen LogP contribution in [0.1, 0.15) is 40.0 Å². The highest BCUT2D eigenvalue weighted by Gasteiger charge is 2.29. The molecule has 0 bridgehead atoms. The number of likely N-dealkylation sites (N-methyl/N-ethyl adjacent to an activating group) is 1. The van der Waals surface area contributed by atoms with E-state index in [2.05, 4.69) is 31.0 Å². The third-order valence-corrected chi connectivity index (χ3v) is 5.64.